The number of primary amides is 1. The number of nitrogens with two attached hydrogens (primary N) is 1. The number of carbonyl (C=O) groups is 2. The van der Waals surface area contributed by atoms with Crippen LogP contribution in [0.4, 0.5) is 10.5 Å². The van der Waals surface area contributed by atoms with Gasteiger partial charge in [0.15, 0.2) is 0 Å². The molecule has 0 radical (unpaired) electrons. The molecule has 0 bridgehead atoms. The van der Waals surface area contributed by atoms with Crippen molar-refractivity contribution in [3.05, 3.63) is 80.9 Å². The van der Waals surface area contributed by atoms with E-state index >= 15 is 0 Å². The first kappa shape index (κ1) is 18.0. The third-order valence-corrected chi connectivity index (χ3v) is 5.59. The fourth-order valence-corrected chi connectivity index (χ4v) is 4.04. The Labute approximate surface area is 164 Å². The Kier molecular flexibility index (Phi) is 4.70. The fourth-order valence-electron chi connectivity index (χ4n) is 3.12. The lowest BCUT2D eigenvalue weighted by Crippen LogP contribution is -2.25. The van der Waals surface area contributed by atoms with Crippen LogP contribution >= 0.6 is 11.3 Å². The normalized spacial score (nSPS) is 16.2. The van der Waals surface area contributed by atoms with Crippen LogP contribution in [-0.4, -0.2) is 29.2 Å². The molecule has 4 rings (SSSR count). The van der Waals surface area contributed by atoms with Crippen molar-refractivity contribution in [2.24, 2.45) is 5.73 Å². The van der Waals surface area contributed by atoms with E-state index in [0.29, 0.717) is 23.5 Å². The largest absolute Gasteiger partial charge is 0.444 e. The number of anilines is 1. The lowest BCUT2D eigenvalue weighted by atomic mass is 10.2. The van der Waals surface area contributed by atoms with Gasteiger partial charge >= 0.3 is 6.09 Å². The van der Waals surface area contributed by atoms with E-state index in [4.69, 9.17) is 10.5 Å². The second-order valence-electron chi connectivity index (χ2n) is 6.38. The molecule has 2 aromatic heterocycles. The molecule has 2 N–H and O–H groups in total. The Bertz CT molecular complexity index is 1090. The van der Waals surface area contributed by atoms with Gasteiger partial charge in [-0.05, 0) is 42.5 Å². The van der Waals surface area contributed by atoms with Crippen molar-refractivity contribution in [1.82, 2.24) is 4.57 Å². The predicted molar refractivity (Wildman–Crippen MR) is 106 cm³/mol. The Hall–Kier alpha value is -3.39. The van der Waals surface area contributed by atoms with Crippen molar-refractivity contribution in [3.8, 4) is 5.69 Å². The van der Waals surface area contributed by atoms with Gasteiger partial charge in [-0.15, -0.1) is 11.3 Å². The summed E-state index contributed by atoms with van der Waals surface area (Å²) in [6.45, 7) is 0.410. The van der Waals surface area contributed by atoms with Crippen LogP contribution in [0.15, 0.2) is 65.6 Å². The SMILES string of the molecule is NC(=O)c1ccc(CC2CN(c3ccc(-n4ccccc4=O)cc3)C(=O)O2)s1. The van der Waals surface area contributed by atoms with Crippen molar-refractivity contribution in [2.75, 3.05) is 11.4 Å². The minimum absolute atomic E-state index is 0.123. The molecule has 0 spiro atoms. The smallest absolute Gasteiger partial charge is 0.414 e. The number of nitrogens with zero attached hydrogens (tertiary/aromatic N) is 2. The first-order valence-electron chi connectivity index (χ1n) is 8.66. The molecule has 2 amide bonds. The van der Waals surface area contributed by atoms with Gasteiger partial charge in [-0.2, -0.15) is 0 Å². The van der Waals surface area contributed by atoms with Crippen LogP contribution in [0.5, 0.6) is 0 Å². The van der Waals surface area contributed by atoms with E-state index < -0.39 is 12.0 Å². The van der Waals surface area contributed by atoms with E-state index in [2.05, 4.69) is 0 Å². The molecule has 28 heavy (non-hydrogen) atoms. The monoisotopic (exact) mass is 395 g/mol. The van der Waals surface area contributed by atoms with E-state index in [-0.39, 0.29) is 11.7 Å². The molecule has 3 heterocycles. The Balaban J connectivity index is 1.47. The number of rotatable bonds is 5. The van der Waals surface area contributed by atoms with E-state index in [1.807, 2.05) is 6.07 Å². The van der Waals surface area contributed by atoms with Crippen LogP contribution in [-0.2, 0) is 11.2 Å². The van der Waals surface area contributed by atoms with E-state index in [1.165, 1.54) is 22.0 Å². The number of thiophene rings is 1. The quantitative estimate of drug-likeness (QED) is 0.718. The summed E-state index contributed by atoms with van der Waals surface area (Å²) in [5.74, 6) is -0.459. The second-order valence-corrected chi connectivity index (χ2v) is 7.54. The number of cyclic esters (lactones) is 1. The molecule has 142 valence electrons. The van der Waals surface area contributed by atoms with Gasteiger partial charge in [-0.3, -0.25) is 19.1 Å². The lowest BCUT2D eigenvalue weighted by Gasteiger charge is -2.14. The van der Waals surface area contributed by atoms with Crippen molar-refractivity contribution in [2.45, 2.75) is 12.5 Å². The molecule has 1 aliphatic heterocycles. The molecule has 1 saturated heterocycles. The van der Waals surface area contributed by atoms with Gasteiger partial charge in [0.1, 0.15) is 6.10 Å². The van der Waals surface area contributed by atoms with Crippen molar-refractivity contribution >= 4 is 29.0 Å². The van der Waals surface area contributed by atoms with Gasteiger partial charge in [-0.1, -0.05) is 6.07 Å². The Morgan fingerprint density at radius 1 is 1.07 bits per heavy atom. The molecule has 0 aliphatic carbocycles. The minimum atomic E-state index is -0.459. The molecular formula is C20H17N3O4S. The molecule has 8 heteroatoms. The number of hydrogen-bond donors (Lipinski definition) is 1. The van der Waals surface area contributed by atoms with Gasteiger partial charge in [-0.25, -0.2) is 4.79 Å². The molecule has 1 aliphatic rings. The van der Waals surface area contributed by atoms with Crippen LogP contribution in [0.2, 0.25) is 0 Å². The molecule has 1 aromatic carbocycles. The number of benzene rings is 1. The highest BCUT2D eigenvalue weighted by molar-refractivity contribution is 7.14. The highest BCUT2D eigenvalue weighted by atomic mass is 32.1. The molecule has 1 fully saturated rings. The first-order valence-corrected chi connectivity index (χ1v) is 9.48. The third kappa shape index (κ3) is 3.54. The molecule has 7 nitrogen and oxygen atoms in total. The number of ether oxygens (including phenoxy) is 1. The zero-order chi connectivity index (χ0) is 19.7. The maximum atomic E-state index is 12.3. The predicted octanol–water partition coefficient (Wildman–Crippen LogP) is 2.57. The topological polar surface area (TPSA) is 94.6 Å². The number of hydrogen-bond acceptors (Lipinski definition) is 5. The Morgan fingerprint density at radius 3 is 2.50 bits per heavy atom. The van der Waals surface area contributed by atoms with E-state index in [1.54, 1.807) is 53.6 Å². The number of amides is 2. The van der Waals surface area contributed by atoms with Crippen LogP contribution in [0.25, 0.3) is 5.69 Å². The zero-order valence-electron chi connectivity index (χ0n) is 14.8. The third-order valence-electron chi connectivity index (χ3n) is 4.47. The highest BCUT2D eigenvalue weighted by Gasteiger charge is 2.32. The van der Waals surface area contributed by atoms with Crippen molar-refractivity contribution in [3.63, 3.8) is 0 Å². The van der Waals surface area contributed by atoms with E-state index in [9.17, 15) is 14.4 Å². The van der Waals surface area contributed by atoms with Crippen molar-refractivity contribution in [1.29, 1.82) is 0 Å². The van der Waals surface area contributed by atoms with Gasteiger partial charge in [0.25, 0.3) is 11.5 Å². The number of aromatic nitrogens is 1. The van der Waals surface area contributed by atoms with Crippen LogP contribution in [0.1, 0.15) is 14.5 Å². The summed E-state index contributed by atoms with van der Waals surface area (Å²) in [5.41, 5.74) is 6.57. The average Bonchev–Trinajstić information content (AvgIpc) is 3.29. The summed E-state index contributed by atoms with van der Waals surface area (Å²) >= 11 is 1.31. The van der Waals surface area contributed by atoms with Crippen LogP contribution in [0, 0.1) is 0 Å². The number of pyridine rings is 1. The average molecular weight is 395 g/mol. The second kappa shape index (κ2) is 7.32. The van der Waals surface area contributed by atoms with Gasteiger partial charge in [0, 0.05) is 34.9 Å². The minimum Gasteiger partial charge on any atom is -0.444 e. The first-order chi connectivity index (χ1) is 13.5. The van der Waals surface area contributed by atoms with Crippen LogP contribution in [0.3, 0.4) is 0 Å². The van der Waals surface area contributed by atoms with Gasteiger partial charge < -0.3 is 10.5 Å². The Morgan fingerprint density at radius 2 is 1.82 bits per heavy atom. The fraction of sp³-hybridized carbons (Fsp3) is 0.150. The van der Waals surface area contributed by atoms with Gasteiger partial charge in [0.2, 0.25) is 0 Å². The standard InChI is InChI=1S/C20H17N3O4S/c21-19(25)17-9-8-16(28-17)11-15-12-23(20(26)27-15)14-6-4-13(5-7-14)22-10-2-1-3-18(22)24/h1-10,15H,11-12H2,(H2,21,25). The van der Waals surface area contributed by atoms with E-state index in [0.717, 1.165) is 10.6 Å². The van der Waals surface area contributed by atoms with Crippen molar-refractivity contribution < 1.29 is 14.3 Å². The maximum Gasteiger partial charge on any atom is 0.414 e. The molecule has 0 saturated carbocycles. The molecule has 1 unspecified atom stereocenters. The summed E-state index contributed by atoms with van der Waals surface area (Å²) in [6.07, 6.45) is 1.50. The molecular weight excluding hydrogens is 378 g/mol. The zero-order valence-corrected chi connectivity index (χ0v) is 15.6. The summed E-state index contributed by atoms with van der Waals surface area (Å²) in [6, 6.07) is 15.6. The summed E-state index contributed by atoms with van der Waals surface area (Å²) in [4.78, 5) is 38.4. The summed E-state index contributed by atoms with van der Waals surface area (Å²) in [7, 11) is 0. The van der Waals surface area contributed by atoms with Crippen LogP contribution < -0.4 is 16.2 Å². The number of carbonyl (C=O) groups excluding carboxylic acids is 2. The molecule has 3 aromatic rings. The molecule has 1 atom stereocenters. The van der Waals surface area contributed by atoms with Gasteiger partial charge in [0.05, 0.1) is 11.4 Å². The maximum absolute atomic E-state index is 12.3. The summed E-state index contributed by atoms with van der Waals surface area (Å²) < 4.78 is 6.99. The highest BCUT2D eigenvalue weighted by Crippen LogP contribution is 2.26. The lowest BCUT2D eigenvalue weighted by molar-refractivity contribution is 0.100. The summed E-state index contributed by atoms with van der Waals surface area (Å²) in [5, 5.41) is 0.